The number of hydrogen-bond donors (Lipinski definition) is 3. The van der Waals surface area contributed by atoms with Crippen LogP contribution in [0.3, 0.4) is 0 Å². The van der Waals surface area contributed by atoms with E-state index in [4.69, 9.17) is 4.74 Å². The van der Waals surface area contributed by atoms with Crippen molar-refractivity contribution in [1.82, 2.24) is 5.32 Å². The van der Waals surface area contributed by atoms with E-state index in [9.17, 15) is 19.8 Å². The van der Waals surface area contributed by atoms with Crippen molar-refractivity contribution < 1.29 is 24.5 Å². The Kier molecular flexibility index (Phi) is 60.5. The van der Waals surface area contributed by atoms with Crippen LogP contribution in [-0.2, 0) is 14.3 Å². The molecular weight excluding hydrogens is 887 g/mol. The fourth-order valence-corrected chi connectivity index (χ4v) is 10.3. The highest BCUT2D eigenvalue weighted by atomic mass is 16.5. The zero-order valence-electron chi connectivity index (χ0n) is 48.7. The lowest BCUT2D eigenvalue weighted by Crippen LogP contribution is -2.45. The van der Waals surface area contributed by atoms with Gasteiger partial charge in [0.05, 0.1) is 25.4 Å². The number of allylic oxidation sites excluding steroid dienone is 3. The van der Waals surface area contributed by atoms with Crippen molar-refractivity contribution in [2.24, 2.45) is 0 Å². The summed E-state index contributed by atoms with van der Waals surface area (Å²) in [6.45, 7) is 4.87. The molecule has 0 spiro atoms. The highest BCUT2D eigenvalue weighted by Gasteiger charge is 2.20. The van der Waals surface area contributed by atoms with Gasteiger partial charge in [-0.25, -0.2) is 0 Å². The highest BCUT2D eigenvalue weighted by molar-refractivity contribution is 5.76. The molecule has 0 heterocycles. The van der Waals surface area contributed by atoms with Crippen LogP contribution < -0.4 is 5.32 Å². The van der Waals surface area contributed by atoms with Gasteiger partial charge in [-0.2, -0.15) is 0 Å². The van der Waals surface area contributed by atoms with Crippen molar-refractivity contribution in [1.29, 1.82) is 0 Å². The van der Waals surface area contributed by atoms with Crippen LogP contribution in [0.5, 0.6) is 0 Å². The number of hydrogen-bond acceptors (Lipinski definition) is 5. The normalized spacial score (nSPS) is 12.7. The SMILES string of the molecule is CCCCCCCCCCCCCCCCCCCCCC(=O)OCC/C=C\C/C=C\CCCCCCCCCCCCCCCCC(=O)NC(CO)C(O)CCCCCCCCCCCCCCCCC. The Balaban J connectivity index is 3.42. The molecule has 0 aliphatic heterocycles. The number of rotatable bonds is 61. The molecule has 1 amide bonds. The number of carbonyl (C=O) groups excluding carboxylic acids is 2. The van der Waals surface area contributed by atoms with Crippen LogP contribution in [0.1, 0.15) is 361 Å². The molecule has 6 nitrogen and oxygen atoms in total. The van der Waals surface area contributed by atoms with Gasteiger partial charge in [0.1, 0.15) is 0 Å². The van der Waals surface area contributed by atoms with Crippen molar-refractivity contribution >= 4 is 11.9 Å². The highest BCUT2D eigenvalue weighted by Crippen LogP contribution is 2.18. The average Bonchev–Trinajstić information content (AvgIpc) is 3.38. The van der Waals surface area contributed by atoms with Crippen LogP contribution in [0, 0.1) is 0 Å². The number of esters is 1. The molecule has 3 N–H and O–H groups in total. The number of aliphatic hydroxyl groups excluding tert-OH is 2. The first kappa shape index (κ1) is 70.3. The maximum atomic E-state index is 12.5. The monoisotopic (exact) mass is 1010 g/mol. The van der Waals surface area contributed by atoms with Crippen LogP contribution >= 0.6 is 0 Å². The quantitative estimate of drug-likeness (QED) is 0.0320. The standard InChI is InChI=1S/C66H127NO5/c1-3-5-7-9-11-13-15-17-19-20-24-28-32-36-40-44-48-52-56-60-66(71)72-61-57-53-49-45-41-37-33-29-26-23-21-22-25-27-31-35-39-43-47-51-55-59-65(70)67-63(62-68)64(69)58-54-50-46-42-38-34-30-18-16-14-12-10-8-6-4-2/h37,41,49,53,63-64,68-69H,3-36,38-40,42-48,50-52,54-62H2,1-2H3,(H,67,70)/b41-37-,53-49-. The largest absolute Gasteiger partial charge is 0.465 e. The molecule has 0 aromatic carbocycles. The predicted octanol–water partition coefficient (Wildman–Crippen LogP) is 20.6. The van der Waals surface area contributed by atoms with Gasteiger partial charge >= 0.3 is 5.97 Å². The van der Waals surface area contributed by atoms with Gasteiger partial charge in [0.25, 0.3) is 0 Å². The molecule has 0 aliphatic carbocycles. The second-order valence-electron chi connectivity index (χ2n) is 22.5. The Morgan fingerprint density at radius 3 is 1.06 bits per heavy atom. The molecule has 0 aromatic rings. The first-order valence-corrected chi connectivity index (χ1v) is 32.6. The van der Waals surface area contributed by atoms with Gasteiger partial charge in [-0.1, -0.05) is 327 Å². The van der Waals surface area contributed by atoms with Gasteiger partial charge in [0.2, 0.25) is 5.91 Å². The van der Waals surface area contributed by atoms with Gasteiger partial charge in [0.15, 0.2) is 0 Å². The summed E-state index contributed by atoms with van der Waals surface area (Å²) in [5.74, 6) is -0.0673. The number of ether oxygens (including phenoxy) is 1. The Morgan fingerprint density at radius 1 is 0.389 bits per heavy atom. The minimum Gasteiger partial charge on any atom is -0.465 e. The molecule has 2 unspecified atom stereocenters. The van der Waals surface area contributed by atoms with Gasteiger partial charge in [-0.05, 0) is 44.9 Å². The van der Waals surface area contributed by atoms with Crippen molar-refractivity contribution in [3.05, 3.63) is 24.3 Å². The molecule has 426 valence electrons. The molecule has 0 radical (unpaired) electrons. The maximum absolute atomic E-state index is 12.5. The lowest BCUT2D eigenvalue weighted by Gasteiger charge is -2.22. The van der Waals surface area contributed by atoms with Crippen molar-refractivity contribution in [2.45, 2.75) is 373 Å². The molecule has 6 heteroatoms. The average molecular weight is 1010 g/mol. The number of carbonyl (C=O) groups is 2. The minimum absolute atomic E-state index is 0.0298. The van der Waals surface area contributed by atoms with E-state index in [-0.39, 0.29) is 18.5 Å². The third-order valence-electron chi connectivity index (χ3n) is 15.3. The molecule has 0 saturated carbocycles. The molecule has 0 rings (SSSR count). The zero-order chi connectivity index (χ0) is 52.2. The first-order chi connectivity index (χ1) is 35.5. The molecular formula is C66H127NO5. The van der Waals surface area contributed by atoms with Crippen molar-refractivity contribution in [3.63, 3.8) is 0 Å². The molecule has 0 fully saturated rings. The zero-order valence-corrected chi connectivity index (χ0v) is 48.7. The Morgan fingerprint density at radius 2 is 0.694 bits per heavy atom. The summed E-state index contributed by atoms with van der Waals surface area (Å²) in [6.07, 6.45) is 76.4. The third-order valence-corrected chi connectivity index (χ3v) is 15.3. The number of amides is 1. The van der Waals surface area contributed by atoms with Gasteiger partial charge in [-0.15, -0.1) is 0 Å². The van der Waals surface area contributed by atoms with E-state index in [1.165, 1.54) is 276 Å². The molecule has 0 aromatic heterocycles. The molecule has 0 bridgehead atoms. The van der Waals surface area contributed by atoms with E-state index in [2.05, 4.69) is 43.5 Å². The summed E-state index contributed by atoms with van der Waals surface area (Å²) in [6, 6.07) is -0.545. The van der Waals surface area contributed by atoms with Gasteiger partial charge in [-0.3, -0.25) is 9.59 Å². The van der Waals surface area contributed by atoms with Crippen molar-refractivity contribution in [2.75, 3.05) is 13.2 Å². The van der Waals surface area contributed by atoms with E-state index in [1.54, 1.807) is 0 Å². The smallest absolute Gasteiger partial charge is 0.305 e. The summed E-state index contributed by atoms with van der Waals surface area (Å²) in [5, 5.41) is 23.3. The van der Waals surface area contributed by atoms with Crippen LogP contribution in [0.2, 0.25) is 0 Å². The van der Waals surface area contributed by atoms with Gasteiger partial charge in [0, 0.05) is 12.8 Å². The van der Waals surface area contributed by atoms with E-state index in [0.717, 1.165) is 51.4 Å². The number of unbranched alkanes of at least 4 members (excludes halogenated alkanes) is 46. The third kappa shape index (κ3) is 57.6. The summed E-state index contributed by atoms with van der Waals surface area (Å²) < 4.78 is 5.44. The fourth-order valence-electron chi connectivity index (χ4n) is 10.3. The predicted molar refractivity (Wildman–Crippen MR) is 315 cm³/mol. The Bertz CT molecular complexity index is 1120. The van der Waals surface area contributed by atoms with E-state index in [1.807, 2.05) is 0 Å². The Labute approximate surface area is 450 Å². The number of nitrogens with one attached hydrogen (secondary N) is 1. The maximum Gasteiger partial charge on any atom is 0.305 e. The van der Waals surface area contributed by atoms with E-state index in [0.29, 0.717) is 25.9 Å². The molecule has 2 atom stereocenters. The summed E-state index contributed by atoms with van der Waals surface area (Å²) in [5.41, 5.74) is 0. The van der Waals surface area contributed by atoms with Crippen LogP contribution in [0.25, 0.3) is 0 Å². The second kappa shape index (κ2) is 61.9. The number of aliphatic hydroxyl groups is 2. The van der Waals surface area contributed by atoms with Crippen LogP contribution in [-0.4, -0.2) is 47.4 Å². The van der Waals surface area contributed by atoms with Crippen LogP contribution in [0.4, 0.5) is 0 Å². The lowest BCUT2D eigenvalue weighted by atomic mass is 10.0. The van der Waals surface area contributed by atoms with Gasteiger partial charge < -0.3 is 20.3 Å². The molecule has 0 aliphatic rings. The molecule has 72 heavy (non-hydrogen) atoms. The molecule has 0 saturated heterocycles. The van der Waals surface area contributed by atoms with Crippen molar-refractivity contribution in [3.8, 4) is 0 Å². The van der Waals surface area contributed by atoms with E-state index >= 15 is 0 Å². The summed E-state index contributed by atoms with van der Waals surface area (Å²) in [7, 11) is 0. The Hall–Kier alpha value is -1.66. The first-order valence-electron chi connectivity index (χ1n) is 32.6. The van der Waals surface area contributed by atoms with Crippen LogP contribution in [0.15, 0.2) is 24.3 Å². The summed E-state index contributed by atoms with van der Waals surface area (Å²) >= 11 is 0. The lowest BCUT2D eigenvalue weighted by molar-refractivity contribution is -0.143. The topological polar surface area (TPSA) is 95.9 Å². The fraction of sp³-hybridized carbons (Fsp3) is 0.909. The van der Waals surface area contributed by atoms with E-state index < -0.39 is 12.1 Å². The second-order valence-corrected chi connectivity index (χ2v) is 22.5. The summed E-state index contributed by atoms with van der Waals surface area (Å²) in [4.78, 5) is 24.6. The minimum atomic E-state index is -0.667.